The fourth-order valence-corrected chi connectivity index (χ4v) is 5.20. The zero-order valence-corrected chi connectivity index (χ0v) is 21.2. The third-order valence-electron chi connectivity index (χ3n) is 6.67. The van der Waals surface area contributed by atoms with Gasteiger partial charge in [0.2, 0.25) is 0 Å². The van der Waals surface area contributed by atoms with E-state index in [1.165, 1.54) is 7.11 Å². The highest BCUT2D eigenvalue weighted by molar-refractivity contribution is 6.32. The Morgan fingerprint density at radius 1 is 0.842 bits per heavy atom. The van der Waals surface area contributed by atoms with Gasteiger partial charge in [-0.1, -0.05) is 103 Å². The number of fused-ring (bicyclic) bond motifs is 1. The number of carbonyl (C=O) groups is 1. The number of imidazole rings is 1. The van der Waals surface area contributed by atoms with E-state index in [0.29, 0.717) is 16.9 Å². The van der Waals surface area contributed by atoms with Gasteiger partial charge < -0.3 is 4.74 Å². The molecule has 186 valence electrons. The van der Waals surface area contributed by atoms with E-state index in [1.807, 2.05) is 65.5 Å². The van der Waals surface area contributed by atoms with E-state index in [2.05, 4.69) is 46.4 Å². The van der Waals surface area contributed by atoms with Gasteiger partial charge in [0.15, 0.2) is 16.5 Å². The number of aromatic nitrogens is 5. The molecule has 0 aliphatic heterocycles. The molecule has 3 heterocycles. The molecule has 0 amide bonds. The predicted octanol–water partition coefficient (Wildman–Crippen LogP) is 5.87. The van der Waals surface area contributed by atoms with Gasteiger partial charge in [0, 0.05) is 18.6 Å². The molecule has 0 spiro atoms. The van der Waals surface area contributed by atoms with Crippen molar-refractivity contribution in [2.75, 3.05) is 7.11 Å². The van der Waals surface area contributed by atoms with Crippen molar-refractivity contribution in [3.63, 3.8) is 0 Å². The monoisotopic (exact) mass is 519 g/mol. The van der Waals surface area contributed by atoms with E-state index < -0.39 is 11.5 Å². The number of carbonyl (C=O) groups excluding carboxylic acids is 1. The maximum atomic E-state index is 13.1. The Labute approximate surface area is 223 Å². The minimum absolute atomic E-state index is 0.161. The number of nitrogens with zero attached hydrogens (tertiary/aromatic N) is 5. The largest absolute Gasteiger partial charge is 0.464 e. The molecular formula is C30H22ClN5O2. The summed E-state index contributed by atoms with van der Waals surface area (Å²) < 4.78 is 8.81. The number of methoxy groups -OCH3 is 1. The van der Waals surface area contributed by atoms with Gasteiger partial charge in [0.1, 0.15) is 5.54 Å². The normalized spacial score (nSPS) is 11.5. The van der Waals surface area contributed by atoms with Crippen LogP contribution in [0.5, 0.6) is 0 Å². The van der Waals surface area contributed by atoms with Crippen LogP contribution in [0.3, 0.4) is 0 Å². The number of esters is 1. The first-order valence-corrected chi connectivity index (χ1v) is 12.4. The van der Waals surface area contributed by atoms with Crippen molar-refractivity contribution in [3.8, 4) is 11.3 Å². The summed E-state index contributed by atoms with van der Waals surface area (Å²) in [6, 6.07) is 30.4. The van der Waals surface area contributed by atoms with Crippen molar-refractivity contribution in [2.24, 2.45) is 0 Å². The second kappa shape index (κ2) is 9.61. The number of hydrogen-bond donors (Lipinski definition) is 0. The van der Waals surface area contributed by atoms with Crippen LogP contribution in [0.1, 0.15) is 27.2 Å². The topological polar surface area (TPSA) is 74.3 Å². The first-order valence-electron chi connectivity index (χ1n) is 12.0. The average molecular weight is 520 g/mol. The minimum atomic E-state index is -0.898. The molecule has 0 unspecified atom stereocenters. The molecule has 0 saturated carbocycles. The molecular weight excluding hydrogens is 498 g/mol. The van der Waals surface area contributed by atoms with E-state index in [9.17, 15) is 4.79 Å². The molecule has 0 fully saturated rings. The van der Waals surface area contributed by atoms with E-state index >= 15 is 0 Å². The van der Waals surface area contributed by atoms with Gasteiger partial charge in [-0.2, -0.15) is 5.10 Å². The lowest BCUT2D eigenvalue weighted by Gasteiger charge is -2.36. The third kappa shape index (κ3) is 3.67. The number of ether oxygens (including phenoxy) is 1. The van der Waals surface area contributed by atoms with Gasteiger partial charge in [-0.15, -0.1) is 0 Å². The Morgan fingerprint density at radius 2 is 1.39 bits per heavy atom. The third-order valence-corrected chi connectivity index (χ3v) is 6.94. The van der Waals surface area contributed by atoms with Crippen molar-refractivity contribution < 1.29 is 9.53 Å². The Hall–Kier alpha value is -4.75. The molecule has 6 rings (SSSR count). The summed E-state index contributed by atoms with van der Waals surface area (Å²) in [5.41, 5.74) is 3.87. The summed E-state index contributed by atoms with van der Waals surface area (Å²) in [4.78, 5) is 21.7. The Kier molecular flexibility index (Phi) is 5.98. The molecule has 8 heteroatoms. The van der Waals surface area contributed by atoms with Crippen molar-refractivity contribution in [1.29, 1.82) is 0 Å². The van der Waals surface area contributed by atoms with Gasteiger partial charge in [-0.05, 0) is 16.7 Å². The average Bonchev–Trinajstić information content (AvgIpc) is 3.61. The van der Waals surface area contributed by atoms with Gasteiger partial charge in [0.25, 0.3) is 0 Å². The Bertz CT molecular complexity index is 1630. The number of rotatable bonds is 6. The van der Waals surface area contributed by atoms with E-state index in [-0.39, 0.29) is 10.8 Å². The fraction of sp³-hybridized carbons (Fsp3) is 0.0667. The predicted molar refractivity (Wildman–Crippen MR) is 145 cm³/mol. The Balaban J connectivity index is 1.72. The molecule has 7 nitrogen and oxygen atoms in total. The molecule has 38 heavy (non-hydrogen) atoms. The van der Waals surface area contributed by atoms with E-state index in [1.54, 1.807) is 23.0 Å². The van der Waals surface area contributed by atoms with Crippen LogP contribution < -0.4 is 0 Å². The quantitative estimate of drug-likeness (QED) is 0.203. The van der Waals surface area contributed by atoms with Crippen molar-refractivity contribution in [1.82, 2.24) is 24.1 Å². The summed E-state index contributed by atoms with van der Waals surface area (Å²) in [7, 11) is 1.35. The van der Waals surface area contributed by atoms with Crippen LogP contribution >= 0.6 is 11.6 Å². The SMILES string of the molecule is COC(=O)c1nn(C(c2ccccc2)(c2ccccc2)c2ccccc2)cc1-c1cnc2c(Cl)nccn12. The van der Waals surface area contributed by atoms with Crippen LogP contribution in [0.4, 0.5) is 0 Å². The highest BCUT2D eigenvalue weighted by Crippen LogP contribution is 2.42. The summed E-state index contributed by atoms with van der Waals surface area (Å²) in [5, 5.41) is 5.18. The van der Waals surface area contributed by atoms with Crippen molar-refractivity contribution in [2.45, 2.75) is 5.54 Å². The van der Waals surface area contributed by atoms with Crippen LogP contribution in [0.2, 0.25) is 5.15 Å². The van der Waals surface area contributed by atoms with E-state index in [0.717, 1.165) is 16.7 Å². The first-order chi connectivity index (χ1) is 18.6. The zero-order chi connectivity index (χ0) is 26.1. The van der Waals surface area contributed by atoms with Crippen molar-refractivity contribution >= 4 is 23.2 Å². The number of halogens is 1. The van der Waals surface area contributed by atoms with Crippen LogP contribution in [0.15, 0.2) is 116 Å². The van der Waals surface area contributed by atoms with Gasteiger partial charge in [-0.25, -0.2) is 14.8 Å². The smallest absolute Gasteiger partial charge is 0.359 e. The summed E-state index contributed by atoms with van der Waals surface area (Å²) in [6.45, 7) is 0. The molecule has 0 aliphatic rings. The molecule has 0 aliphatic carbocycles. The van der Waals surface area contributed by atoms with Gasteiger partial charge in [0.05, 0.1) is 24.6 Å². The van der Waals surface area contributed by atoms with Gasteiger partial charge >= 0.3 is 5.97 Å². The molecule has 3 aromatic carbocycles. The molecule has 6 aromatic rings. The summed E-state index contributed by atoms with van der Waals surface area (Å²) in [5.74, 6) is -0.558. The number of hydrogen-bond acceptors (Lipinski definition) is 5. The first kappa shape index (κ1) is 23.6. The highest BCUT2D eigenvalue weighted by Gasteiger charge is 2.40. The minimum Gasteiger partial charge on any atom is -0.464 e. The molecule has 0 bridgehead atoms. The lowest BCUT2D eigenvalue weighted by atomic mass is 9.77. The number of benzene rings is 3. The highest BCUT2D eigenvalue weighted by atomic mass is 35.5. The van der Waals surface area contributed by atoms with Crippen LogP contribution in [-0.2, 0) is 10.3 Å². The van der Waals surface area contributed by atoms with Crippen molar-refractivity contribution in [3.05, 3.63) is 143 Å². The standard InChI is InChI=1S/C30H22ClN5O2/c1-38-29(37)26-24(25-19-33-28-27(31)32-17-18-35(25)28)20-36(34-26)30(21-11-5-2-6-12-21,22-13-7-3-8-14-22)23-15-9-4-10-16-23/h2-20H,1H3. The van der Waals surface area contributed by atoms with Crippen LogP contribution in [0, 0.1) is 0 Å². The summed E-state index contributed by atoms with van der Waals surface area (Å²) in [6.07, 6.45) is 6.87. The molecule has 0 N–H and O–H groups in total. The fourth-order valence-electron chi connectivity index (χ4n) is 5.00. The molecule has 3 aromatic heterocycles. The van der Waals surface area contributed by atoms with Crippen LogP contribution in [-0.4, -0.2) is 37.2 Å². The zero-order valence-electron chi connectivity index (χ0n) is 20.4. The lowest BCUT2D eigenvalue weighted by molar-refractivity contribution is 0.0593. The maximum Gasteiger partial charge on any atom is 0.359 e. The van der Waals surface area contributed by atoms with Gasteiger partial charge in [-0.3, -0.25) is 9.08 Å². The Morgan fingerprint density at radius 3 is 1.92 bits per heavy atom. The molecule has 0 radical (unpaired) electrons. The molecule has 0 atom stereocenters. The second-order valence-electron chi connectivity index (χ2n) is 8.69. The lowest BCUT2D eigenvalue weighted by Crippen LogP contribution is -2.38. The molecule has 0 saturated heterocycles. The summed E-state index contributed by atoms with van der Waals surface area (Å²) >= 11 is 6.30. The van der Waals surface area contributed by atoms with E-state index in [4.69, 9.17) is 21.4 Å². The maximum absolute atomic E-state index is 13.1. The van der Waals surface area contributed by atoms with Crippen LogP contribution in [0.25, 0.3) is 16.9 Å². The second-order valence-corrected chi connectivity index (χ2v) is 9.05.